The molecule has 20 heavy (non-hydrogen) atoms. The molecule has 1 heterocycles. The number of amides is 1. The van der Waals surface area contributed by atoms with Crippen LogP contribution in [-0.2, 0) is 14.3 Å². The first-order valence-electron chi connectivity index (χ1n) is 6.51. The zero-order valence-electron chi connectivity index (χ0n) is 11.2. The van der Waals surface area contributed by atoms with E-state index in [0.29, 0.717) is 26.3 Å². The molecule has 0 aromatic heterocycles. The Balaban J connectivity index is 2.04. The summed E-state index contributed by atoms with van der Waals surface area (Å²) in [6.45, 7) is 3.92. The number of allylic oxidation sites excluding steroid dienone is 1. The summed E-state index contributed by atoms with van der Waals surface area (Å²) in [5.41, 5.74) is 0.250. The summed E-state index contributed by atoms with van der Waals surface area (Å²) in [7, 11) is 0. The van der Waals surface area contributed by atoms with Crippen LogP contribution >= 0.6 is 0 Å². The average molecular weight is 284 g/mol. The fourth-order valence-corrected chi connectivity index (χ4v) is 2.07. The van der Waals surface area contributed by atoms with Gasteiger partial charge in [-0.1, -0.05) is 6.08 Å². The Morgan fingerprint density at radius 1 is 1.55 bits per heavy atom. The molecule has 1 unspecified atom stereocenters. The van der Waals surface area contributed by atoms with Crippen molar-refractivity contribution in [2.75, 3.05) is 32.9 Å². The number of morpholine rings is 1. The topological polar surface area (TPSA) is 67.9 Å². The molecule has 1 aliphatic heterocycles. The number of nitrogens with zero attached hydrogens (tertiary/aromatic N) is 1. The molecule has 0 saturated carbocycles. The predicted molar refractivity (Wildman–Crippen MR) is 68.6 cm³/mol. The number of Topliss-reactive ketones (excluding diaryl/α,β-unsaturated/α-hetero) is 1. The standard InChI is InChI=1S/C13H17FN2O4/c1-2-20-13(18)15-9-3-4-10(11(14)12(9)17)16-5-7-19-8-6-16/h3-4,9H,2,5-8H2,1H3,(H,15,18). The maximum Gasteiger partial charge on any atom is 0.407 e. The van der Waals surface area contributed by atoms with Crippen LogP contribution in [0.4, 0.5) is 9.18 Å². The second-order valence-electron chi connectivity index (χ2n) is 4.36. The highest BCUT2D eigenvalue weighted by Crippen LogP contribution is 2.22. The van der Waals surface area contributed by atoms with Gasteiger partial charge in [-0.3, -0.25) is 4.79 Å². The van der Waals surface area contributed by atoms with E-state index in [9.17, 15) is 14.0 Å². The largest absolute Gasteiger partial charge is 0.450 e. The molecular weight excluding hydrogens is 267 g/mol. The van der Waals surface area contributed by atoms with Gasteiger partial charge in [-0.25, -0.2) is 9.18 Å². The van der Waals surface area contributed by atoms with Crippen molar-refractivity contribution in [2.45, 2.75) is 13.0 Å². The molecule has 0 aromatic carbocycles. The quantitative estimate of drug-likeness (QED) is 0.828. The molecule has 1 amide bonds. The van der Waals surface area contributed by atoms with Gasteiger partial charge in [0.1, 0.15) is 6.04 Å². The van der Waals surface area contributed by atoms with Gasteiger partial charge in [0.25, 0.3) is 0 Å². The lowest BCUT2D eigenvalue weighted by molar-refractivity contribution is -0.118. The van der Waals surface area contributed by atoms with E-state index in [-0.39, 0.29) is 12.3 Å². The highest BCUT2D eigenvalue weighted by Gasteiger charge is 2.30. The van der Waals surface area contributed by atoms with Gasteiger partial charge in [0.05, 0.1) is 25.5 Å². The molecule has 110 valence electrons. The Bertz CT molecular complexity index is 455. The van der Waals surface area contributed by atoms with Crippen LogP contribution in [0.2, 0.25) is 0 Å². The van der Waals surface area contributed by atoms with Crippen molar-refractivity contribution in [3.8, 4) is 0 Å². The van der Waals surface area contributed by atoms with E-state index in [1.54, 1.807) is 11.8 Å². The SMILES string of the molecule is CCOC(=O)NC1C=CC(N2CCOCC2)=C(F)C1=O. The van der Waals surface area contributed by atoms with E-state index in [0.717, 1.165) is 0 Å². The Kier molecular flexibility index (Phi) is 4.73. The number of carbonyl (C=O) groups is 2. The van der Waals surface area contributed by atoms with Crippen molar-refractivity contribution in [1.82, 2.24) is 10.2 Å². The van der Waals surface area contributed by atoms with Crippen molar-refractivity contribution in [2.24, 2.45) is 0 Å². The van der Waals surface area contributed by atoms with Crippen molar-refractivity contribution < 1.29 is 23.5 Å². The Hall–Kier alpha value is -1.89. The van der Waals surface area contributed by atoms with E-state index < -0.39 is 23.7 Å². The van der Waals surface area contributed by atoms with Crippen LogP contribution in [-0.4, -0.2) is 55.7 Å². The highest BCUT2D eigenvalue weighted by molar-refractivity contribution is 6.02. The molecule has 2 rings (SSSR count). The zero-order valence-corrected chi connectivity index (χ0v) is 11.2. The van der Waals surface area contributed by atoms with E-state index in [4.69, 9.17) is 4.74 Å². The Labute approximate surface area is 116 Å². The van der Waals surface area contributed by atoms with Crippen molar-refractivity contribution in [3.05, 3.63) is 23.7 Å². The predicted octanol–water partition coefficient (Wildman–Crippen LogP) is 0.753. The minimum atomic E-state index is -1.01. The van der Waals surface area contributed by atoms with Gasteiger partial charge in [0.15, 0.2) is 5.83 Å². The molecule has 2 aliphatic rings. The van der Waals surface area contributed by atoms with E-state index in [1.165, 1.54) is 12.2 Å². The number of ether oxygens (including phenoxy) is 2. The van der Waals surface area contributed by atoms with Crippen molar-refractivity contribution in [1.29, 1.82) is 0 Å². The lowest BCUT2D eigenvalue weighted by Crippen LogP contribution is -2.43. The highest BCUT2D eigenvalue weighted by atomic mass is 19.1. The molecule has 0 spiro atoms. The molecule has 1 saturated heterocycles. The van der Waals surface area contributed by atoms with Crippen LogP contribution in [0.15, 0.2) is 23.7 Å². The van der Waals surface area contributed by atoms with Gasteiger partial charge in [-0.15, -0.1) is 0 Å². The third-order valence-corrected chi connectivity index (χ3v) is 3.07. The molecule has 0 bridgehead atoms. The minimum absolute atomic E-state index is 0.188. The van der Waals surface area contributed by atoms with Gasteiger partial charge < -0.3 is 19.7 Å². The second-order valence-corrected chi connectivity index (χ2v) is 4.36. The van der Waals surface area contributed by atoms with Crippen molar-refractivity contribution >= 4 is 11.9 Å². The van der Waals surface area contributed by atoms with Gasteiger partial charge >= 0.3 is 6.09 Å². The first kappa shape index (κ1) is 14.5. The zero-order chi connectivity index (χ0) is 14.5. The molecule has 6 nitrogen and oxygen atoms in total. The Morgan fingerprint density at radius 2 is 2.25 bits per heavy atom. The third kappa shape index (κ3) is 3.16. The molecular formula is C13H17FN2O4. The molecule has 7 heteroatoms. The maximum absolute atomic E-state index is 14.1. The maximum atomic E-state index is 14.1. The van der Waals surface area contributed by atoms with Gasteiger partial charge in [0.2, 0.25) is 5.78 Å². The summed E-state index contributed by atoms with van der Waals surface area (Å²) in [5.74, 6) is -1.60. The normalized spacial score (nSPS) is 23.0. The van der Waals surface area contributed by atoms with E-state index >= 15 is 0 Å². The number of hydrogen-bond acceptors (Lipinski definition) is 5. The van der Waals surface area contributed by atoms with Crippen LogP contribution in [0.25, 0.3) is 0 Å². The number of nitrogens with one attached hydrogen (secondary N) is 1. The van der Waals surface area contributed by atoms with Gasteiger partial charge in [0, 0.05) is 13.1 Å². The monoisotopic (exact) mass is 284 g/mol. The number of hydrogen-bond donors (Lipinski definition) is 1. The van der Waals surface area contributed by atoms with Gasteiger partial charge in [-0.05, 0) is 13.0 Å². The number of rotatable bonds is 3. The lowest BCUT2D eigenvalue weighted by atomic mass is 10.0. The number of halogens is 1. The molecule has 1 aliphatic carbocycles. The summed E-state index contributed by atoms with van der Waals surface area (Å²) < 4.78 is 24.0. The first-order valence-corrected chi connectivity index (χ1v) is 6.51. The molecule has 1 N–H and O–H groups in total. The van der Waals surface area contributed by atoms with Crippen LogP contribution < -0.4 is 5.32 Å². The third-order valence-electron chi connectivity index (χ3n) is 3.07. The minimum Gasteiger partial charge on any atom is -0.450 e. The van der Waals surface area contributed by atoms with Crippen LogP contribution in [0.3, 0.4) is 0 Å². The summed E-state index contributed by atoms with van der Waals surface area (Å²) in [5, 5.41) is 2.31. The molecule has 1 atom stereocenters. The molecule has 0 radical (unpaired) electrons. The van der Waals surface area contributed by atoms with Gasteiger partial charge in [-0.2, -0.15) is 0 Å². The fraction of sp³-hybridized carbons (Fsp3) is 0.538. The second kappa shape index (κ2) is 6.51. The van der Waals surface area contributed by atoms with Crippen molar-refractivity contribution in [3.63, 3.8) is 0 Å². The van der Waals surface area contributed by atoms with E-state index in [2.05, 4.69) is 10.1 Å². The Morgan fingerprint density at radius 3 is 2.90 bits per heavy atom. The first-order chi connectivity index (χ1) is 9.63. The lowest BCUT2D eigenvalue weighted by Gasteiger charge is -2.31. The number of ketones is 1. The molecule has 0 aromatic rings. The van der Waals surface area contributed by atoms with E-state index in [1.807, 2.05) is 0 Å². The number of alkyl carbamates (subject to hydrolysis) is 1. The summed E-state index contributed by atoms with van der Waals surface area (Å²) in [6, 6.07) is -1.01. The van der Waals surface area contributed by atoms with Crippen LogP contribution in [0, 0.1) is 0 Å². The number of carbonyl (C=O) groups excluding carboxylic acids is 2. The summed E-state index contributed by atoms with van der Waals surface area (Å²) >= 11 is 0. The molecule has 1 fully saturated rings. The summed E-state index contributed by atoms with van der Waals surface area (Å²) in [4.78, 5) is 24.9. The van der Waals surface area contributed by atoms with Crippen LogP contribution in [0.5, 0.6) is 0 Å². The van der Waals surface area contributed by atoms with Crippen LogP contribution in [0.1, 0.15) is 6.92 Å². The fourth-order valence-electron chi connectivity index (χ4n) is 2.07. The average Bonchev–Trinajstić information content (AvgIpc) is 2.45. The summed E-state index contributed by atoms with van der Waals surface area (Å²) in [6.07, 6.45) is 2.24. The smallest absolute Gasteiger partial charge is 0.407 e.